The van der Waals surface area contributed by atoms with E-state index in [4.69, 9.17) is 16.3 Å². The Hall–Kier alpha value is -4.68. The van der Waals surface area contributed by atoms with E-state index in [9.17, 15) is 14.4 Å². The molecule has 0 radical (unpaired) electrons. The molecule has 0 saturated carbocycles. The summed E-state index contributed by atoms with van der Waals surface area (Å²) in [5.74, 6) is -3.02. The molecule has 4 atom stereocenters. The molecule has 0 aromatic heterocycles. The molecule has 2 fully saturated rings. The van der Waals surface area contributed by atoms with Crippen LogP contribution in [0.25, 0.3) is 6.08 Å². The largest absolute Gasteiger partial charge is 0.451 e. The molecular weight excluding hydrogens is 536 g/mol. The molecule has 4 aromatic carbocycles. The van der Waals surface area contributed by atoms with Crippen molar-refractivity contribution in [2.45, 2.75) is 18.2 Å². The van der Waals surface area contributed by atoms with Crippen molar-refractivity contribution in [2.24, 2.45) is 11.8 Å². The van der Waals surface area contributed by atoms with Gasteiger partial charge in [0.1, 0.15) is 6.04 Å². The third-order valence-electron chi connectivity index (χ3n) is 8.16. The summed E-state index contributed by atoms with van der Waals surface area (Å²) in [6, 6.07) is 31.9. The molecule has 41 heavy (non-hydrogen) atoms. The minimum atomic E-state index is -1.01. The fourth-order valence-electron chi connectivity index (χ4n) is 6.42. The maximum Gasteiger partial charge on any atom is 0.330 e. The van der Waals surface area contributed by atoms with Crippen LogP contribution in [-0.2, 0) is 19.1 Å². The number of amides is 2. The van der Waals surface area contributed by atoms with Crippen LogP contribution in [0.15, 0.2) is 115 Å². The Labute approximate surface area is 242 Å². The average Bonchev–Trinajstić information content (AvgIpc) is 3.49. The number of anilines is 2. The fourth-order valence-corrected chi connectivity index (χ4v) is 6.61. The molecule has 7 rings (SSSR count). The number of ether oxygens (including phenoxy) is 1. The third kappa shape index (κ3) is 4.14. The molecule has 202 valence electrons. The number of imide groups is 1. The zero-order valence-electron chi connectivity index (χ0n) is 21.8. The predicted molar refractivity (Wildman–Crippen MR) is 157 cm³/mol. The second kappa shape index (κ2) is 10.1. The Morgan fingerprint density at radius 2 is 1.39 bits per heavy atom. The Bertz CT molecular complexity index is 1650. The van der Waals surface area contributed by atoms with Gasteiger partial charge in [0.2, 0.25) is 11.8 Å². The van der Waals surface area contributed by atoms with Crippen molar-refractivity contribution in [2.75, 3.05) is 9.80 Å². The van der Waals surface area contributed by atoms with E-state index in [1.165, 1.54) is 4.90 Å². The molecule has 6 nitrogen and oxygen atoms in total. The number of nitrogens with zero attached hydrogens (tertiary/aromatic N) is 2. The molecule has 0 unspecified atom stereocenters. The van der Waals surface area contributed by atoms with Gasteiger partial charge in [-0.15, -0.1) is 0 Å². The molecule has 0 N–H and O–H groups in total. The summed E-state index contributed by atoms with van der Waals surface area (Å²) in [6.45, 7) is 0. The number of benzene rings is 4. The maximum absolute atomic E-state index is 14.4. The van der Waals surface area contributed by atoms with Crippen LogP contribution < -0.4 is 9.80 Å². The number of hydrogen-bond acceptors (Lipinski definition) is 5. The molecular formula is C34H25ClN2O4. The van der Waals surface area contributed by atoms with Crippen LogP contribution >= 0.6 is 11.6 Å². The van der Waals surface area contributed by atoms with Gasteiger partial charge in [0.05, 0.1) is 23.6 Å². The van der Waals surface area contributed by atoms with Gasteiger partial charge in [-0.3, -0.25) is 9.59 Å². The highest BCUT2D eigenvalue weighted by atomic mass is 35.5. The second-order valence-electron chi connectivity index (χ2n) is 10.4. The fraction of sp³-hybridized carbons (Fsp3) is 0.147. The lowest BCUT2D eigenvalue weighted by atomic mass is 9.88. The van der Waals surface area contributed by atoms with Crippen LogP contribution in [0.4, 0.5) is 11.4 Å². The van der Waals surface area contributed by atoms with Crippen molar-refractivity contribution in [1.29, 1.82) is 0 Å². The Morgan fingerprint density at radius 1 is 0.756 bits per heavy atom. The zero-order valence-corrected chi connectivity index (χ0v) is 22.6. The summed E-state index contributed by atoms with van der Waals surface area (Å²) in [5, 5.41) is 0.415. The average molecular weight is 561 g/mol. The number of carbonyl (C=O) groups is 3. The lowest BCUT2D eigenvalue weighted by Gasteiger charge is -2.36. The standard InChI is InChI=1S/C34H25ClN2O4/c35-24-15-9-16-25(20-24)36-32(38)28-27-19-18-21-10-7-8-17-26(21)37(27)30(29(28)33(36)39)34(40)41-31(22-11-3-1-4-12-22)23-13-5-2-6-14-23/h1-20,27-31H/t27-,28-,29+,30-/m0/s1. The smallest absolute Gasteiger partial charge is 0.330 e. The van der Waals surface area contributed by atoms with Crippen LogP contribution in [0.2, 0.25) is 5.02 Å². The van der Waals surface area contributed by atoms with Crippen molar-refractivity contribution < 1.29 is 19.1 Å². The molecule has 3 aliphatic heterocycles. The summed E-state index contributed by atoms with van der Waals surface area (Å²) < 4.78 is 6.31. The van der Waals surface area contributed by atoms with Gasteiger partial charge >= 0.3 is 5.97 Å². The third-order valence-corrected chi connectivity index (χ3v) is 8.40. The minimum absolute atomic E-state index is 0.348. The summed E-state index contributed by atoms with van der Waals surface area (Å²) in [5.41, 5.74) is 3.73. The first kappa shape index (κ1) is 25.3. The SMILES string of the molecule is O=C(OC(c1ccccc1)c1ccccc1)[C@@H]1[C@@H]2C(=O)N(c3cccc(Cl)c3)C(=O)[C@H]2[C@@H]2C=Cc3ccccc3N12. The Morgan fingerprint density at radius 3 is 2.07 bits per heavy atom. The highest BCUT2D eigenvalue weighted by Crippen LogP contribution is 2.50. The first-order valence-electron chi connectivity index (χ1n) is 13.5. The van der Waals surface area contributed by atoms with E-state index in [1.54, 1.807) is 24.3 Å². The van der Waals surface area contributed by atoms with Gasteiger partial charge in [-0.25, -0.2) is 9.69 Å². The normalized spacial score (nSPS) is 22.5. The van der Waals surface area contributed by atoms with Gasteiger partial charge in [-0.05, 0) is 41.0 Å². The monoisotopic (exact) mass is 560 g/mol. The topological polar surface area (TPSA) is 66.9 Å². The van der Waals surface area contributed by atoms with Gasteiger partial charge in [-0.1, -0.05) is 109 Å². The molecule has 4 aromatic rings. The van der Waals surface area contributed by atoms with Crippen molar-refractivity contribution >= 4 is 46.8 Å². The zero-order chi connectivity index (χ0) is 28.1. The van der Waals surface area contributed by atoms with Gasteiger partial charge in [0.15, 0.2) is 6.10 Å². The molecule has 2 saturated heterocycles. The van der Waals surface area contributed by atoms with E-state index in [0.29, 0.717) is 10.7 Å². The number of para-hydroxylation sites is 1. The van der Waals surface area contributed by atoms with Gasteiger partial charge < -0.3 is 9.64 Å². The number of esters is 1. The number of hydrogen-bond donors (Lipinski definition) is 0. The Balaban J connectivity index is 1.32. The maximum atomic E-state index is 14.4. The number of halogens is 1. The quantitative estimate of drug-likeness (QED) is 0.219. The van der Waals surface area contributed by atoms with E-state index in [1.807, 2.05) is 102 Å². The summed E-state index contributed by atoms with van der Waals surface area (Å²) in [7, 11) is 0. The first-order chi connectivity index (χ1) is 20.0. The lowest BCUT2D eigenvalue weighted by molar-refractivity contribution is -0.151. The van der Waals surface area contributed by atoms with Crippen molar-refractivity contribution in [3.05, 3.63) is 137 Å². The van der Waals surface area contributed by atoms with Crippen molar-refractivity contribution in [3.63, 3.8) is 0 Å². The minimum Gasteiger partial charge on any atom is -0.451 e. The summed E-state index contributed by atoms with van der Waals surface area (Å²) in [4.78, 5) is 45.5. The van der Waals surface area contributed by atoms with Crippen LogP contribution in [0, 0.1) is 11.8 Å². The van der Waals surface area contributed by atoms with E-state index in [-0.39, 0.29) is 5.91 Å². The van der Waals surface area contributed by atoms with E-state index in [0.717, 1.165) is 22.4 Å². The number of carbonyl (C=O) groups excluding carboxylic acids is 3. The molecule has 0 aliphatic carbocycles. The van der Waals surface area contributed by atoms with Crippen LogP contribution in [-0.4, -0.2) is 29.9 Å². The van der Waals surface area contributed by atoms with E-state index < -0.39 is 41.9 Å². The highest BCUT2D eigenvalue weighted by Gasteiger charge is 2.65. The van der Waals surface area contributed by atoms with Crippen LogP contribution in [0.1, 0.15) is 22.8 Å². The van der Waals surface area contributed by atoms with Crippen LogP contribution in [0.3, 0.4) is 0 Å². The van der Waals surface area contributed by atoms with Gasteiger partial charge in [0, 0.05) is 10.7 Å². The van der Waals surface area contributed by atoms with Gasteiger partial charge in [0.25, 0.3) is 0 Å². The number of rotatable bonds is 5. The molecule has 3 heterocycles. The highest BCUT2D eigenvalue weighted by molar-refractivity contribution is 6.31. The lowest BCUT2D eigenvalue weighted by Crippen LogP contribution is -2.49. The second-order valence-corrected chi connectivity index (χ2v) is 10.9. The molecule has 0 spiro atoms. The van der Waals surface area contributed by atoms with Crippen molar-refractivity contribution in [1.82, 2.24) is 0 Å². The molecule has 2 amide bonds. The van der Waals surface area contributed by atoms with Crippen LogP contribution in [0.5, 0.6) is 0 Å². The summed E-state index contributed by atoms with van der Waals surface area (Å²) >= 11 is 6.22. The first-order valence-corrected chi connectivity index (χ1v) is 13.9. The summed E-state index contributed by atoms with van der Waals surface area (Å²) in [6.07, 6.45) is 3.19. The molecule has 3 aliphatic rings. The van der Waals surface area contributed by atoms with Crippen molar-refractivity contribution in [3.8, 4) is 0 Å². The molecule has 0 bridgehead atoms. The Kier molecular flexibility index (Phi) is 6.20. The molecule has 7 heteroatoms. The predicted octanol–water partition coefficient (Wildman–Crippen LogP) is 6.06. The van der Waals surface area contributed by atoms with E-state index >= 15 is 0 Å². The van der Waals surface area contributed by atoms with E-state index in [2.05, 4.69) is 0 Å². The number of fused-ring (bicyclic) bond motifs is 5. The van der Waals surface area contributed by atoms with Gasteiger partial charge in [-0.2, -0.15) is 0 Å².